The molecule has 0 amide bonds. The first-order chi connectivity index (χ1) is 9.65. The number of hydrogen-bond donors (Lipinski definition) is 2. The summed E-state index contributed by atoms with van der Waals surface area (Å²) in [4.78, 5) is 30.3. The van der Waals surface area contributed by atoms with Crippen molar-refractivity contribution in [3.63, 3.8) is 0 Å². The summed E-state index contributed by atoms with van der Waals surface area (Å²) in [5.41, 5.74) is 1.34. The Labute approximate surface area is 116 Å². The molecule has 6 nitrogen and oxygen atoms in total. The summed E-state index contributed by atoms with van der Waals surface area (Å²) in [6.07, 6.45) is 3.26. The van der Waals surface area contributed by atoms with Crippen molar-refractivity contribution in [3.8, 4) is 11.1 Å². The Kier molecular flexibility index (Phi) is 3.11. The van der Waals surface area contributed by atoms with Crippen LogP contribution in [0.25, 0.3) is 21.3 Å². The van der Waals surface area contributed by atoms with Crippen LogP contribution in [0.15, 0.2) is 33.2 Å². The van der Waals surface area contributed by atoms with Crippen molar-refractivity contribution in [1.82, 2.24) is 9.97 Å². The van der Waals surface area contributed by atoms with Crippen LogP contribution in [-0.2, 0) is 11.2 Å². The molecule has 3 aromatic rings. The van der Waals surface area contributed by atoms with Crippen molar-refractivity contribution in [3.05, 3.63) is 40.2 Å². The average molecular weight is 290 g/mol. The van der Waals surface area contributed by atoms with Crippen molar-refractivity contribution < 1.29 is 14.3 Å². The summed E-state index contributed by atoms with van der Waals surface area (Å²) >= 11 is 1.35. The van der Waals surface area contributed by atoms with Gasteiger partial charge in [-0.1, -0.05) is 0 Å². The number of hydrogen-bond acceptors (Lipinski definition) is 5. The maximum atomic E-state index is 12.2. The van der Waals surface area contributed by atoms with Crippen LogP contribution in [0.5, 0.6) is 0 Å². The number of carboxylic acids is 1. The zero-order chi connectivity index (χ0) is 14.1. The number of aryl methyl sites for hydroxylation is 1. The van der Waals surface area contributed by atoms with Gasteiger partial charge in [-0.25, -0.2) is 4.98 Å². The third-order valence-corrected chi connectivity index (χ3v) is 3.77. The molecule has 3 aromatic heterocycles. The predicted molar refractivity (Wildman–Crippen MR) is 73.9 cm³/mol. The first-order valence-corrected chi connectivity index (χ1v) is 6.78. The molecule has 0 radical (unpaired) electrons. The Bertz CT molecular complexity index is 817. The van der Waals surface area contributed by atoms with Crippen LogP contribution < -0.4 is 5.56 Å². The number of furan rings is 1. The van der Waals surface area contributed by atoms with Gasteiger partial charge in [-0.05, 0) is 6.07 Å². The van der Waals surface area contributed by atoms with Crippen LogP contribution in [-0.4, -0.2) is 21.0 Å². The summed E-state index contributed by atoms with van der Waals surface area (Å²) < 4.78 is 5.02. The minimum absolute atomic E-state index is 0.0611. The van der Waals surface area contributed by atoms with E-state index >= 15 is 0 Å². The summed E-state index contributed by atoms with van der Waals surface area (Å²) in [5, 5.41) is 11.0. The van der Waals surface area contributed by atoms with Gasteiger partial charge in [0.25, 0.3) is 5.56 Å². The highest BCUT2D eigenvalue weighted by Crippen LogP contribution is 2.30. The zero-order valence-corrected chi connectivity index (χ0v) is 11.1. The van der Waals surface area contributed by atoms with E-state index in [1.807, 2.05) is 5.38 Å². The van der Waals surface area contributed by atoms with E-state index in [0.717, 1.165) is 11.1 Å². The second kappa shape index (κ2) is 4.93. The molecule has 0 aliphatic carbocycles. The Hall–Kier alpha value is -2.41. The summed E-state index contributed by atoms with van der Waals surface area (Å²) in [7, 11) is 0. The normalized spacial score (nSPS) is 11.0. The standard InChI is InChI=1S/C13H10N2O4S/c16-10(17)2-1-9-14-12(18)11-8(6-20-13(11)15-9)7-3-4-19-5-7/h3-6H,1-2H2,(H,16,17)(H,14,15,18). The molecule has 3 rings (SSSR count). The predicted octanol–water partition coefficient (Wildman–Crippen LogP) is 2.26. The minimum Gasteiger partial charge on any atom is -0.481 e. The fraction of sp³-hybridized carbons (Fsp3) is 0.154. The van der Waals surface area contributed by atoms with Crippen LogP contribution in [0.1, 0.15) is 12.2 Å². The maximum Gasteiger partial charge on any atom is 0.303 e. The molecular weight excluding hydrogens is 280 g/mol. The smallest absolute Gasteiger partial charge is 0.303 e. The highest BCUT2D eigenvalue weighted by Gasteiger charge is 2.13. The SMILES string of the molecule is O=C(O)CCc1nc2scc(-c3ccoc3)c2c(=O)[nH]1. The molecule has 0 aliphatic heterocycles. The lowest BCUT2D eigenvalue weighted by Crippen LogP contribution is -2.12. The quantitative estimate of drug-likeness (QED) is 0.768. The van der Waals surface area contributed by atoms with Crippen LogP contribution in [0, 0.1) is 0 Å². The second-order valence-corrected chi connectivity index (χ2v) is 5.11. The second-order valence-electron chi connectivity index (χ2n) is 4.25. The van der Waals surface area contributed by atoms with E-state index in [-0.39, 0.29) is 18.4 Å². The molecule has 0 bridgehead atoms. The van der Waals surface area contributed by atoms with Gasteiger partial charge in [0.05, 0.1) is 24.3 Å². The van der Waals surface area contributed by atoms with Crippen LogP contribution in [0.2, 0.25) is 0 Å². The van der Waals surface area contributed by atoms with Gasteiger partial charge in [-0.3, -0.25) is 9.59 Å². The van der Waals surface area contributed by atoms with Crippen molar-refractivity contribution in [2.24, 2.45) is 0 Å². The monoisotopic (exact) mass is 290 g/mol. The molecule has 0 saturated heterocycles. The zero-order valence-electron chi connectivity index (χ0n) is 10.3. The Balaban J connectivity index is 2.07. The van der Waals surface area contributed by atoms with Crippen molar-refractivity contribution in [2.45, 2.75) is 12.8 Å². The number of aromatic nitrogens is 2. The van der Waals surface area contributed by atoms with Gasteiger partial charge in [-0.15, -0.1) is 11.3 Å². The molecule has 0 aliphatic rings. The van der Waals surface area contributed by atoms with E-state index in [2.05, 4.69) is 9.97 Å². The van der Waals surface area contributed by atoms with E-state index in [1.165, 1.54) is 11.3 Å². The van der Waals surface area contributed by atoms with E-state index in [9.17, 15) is 9.59 Å². The number of aromatic amines is 1. The number of H-pyrrole nitrogens is 1. The minimum atomic E-state index is -0.919. The van der Waals surface area contributed by atoms with Gasteiger partial charge in [0.1, 0.15) is 10.7 Å². The molecule has 0 aromatic carbocycles. The third kappa shape index (κ3) is 2.23. The number of rotatable bonds is 4. The maximum absolute atomic E-state index is 12.2. The Morgan fingerprint density at radius 1 is 1.50 bits per heavy atom. The molecule has 0 atom stereocenters. The summed E-state index contributed by atoms with van der Waals surface area (Å²) in [6.45, 7) is 0. The average Bonchev–Trinajstić information content (AvgIpc) is 3.04. The molecule has 20 heavy (non-hydrogen) atoms. The molecule has 3 heterocycles. The van der Waals surface area contributed by atoms with Gasteiger partial charge in [-0.2, -0.15) is 0 Å². The van der Waals surface area contributed by atoms with Crippen LogP contribution >= 0.6 is 11.3 Å². The van der Waals surface area contributed by atoms with E-state index < -0.39 is 5.97 Å². The van der Waals surface area contributed by atoms with Crippen molar-refractivity contribution >= 4 is 27.5 Å². The lowest BCUT2D eigenvalue weighted by atomic mass is 10.1. The highest BCUT2D eigenvalue weighted by molar-refractivity contribution is 7.17. The fourth-order valence-corrected chi connectivity index (χ4v) is 2.93. The first kappa shape index (κ1) is 12.6. The highest BCUT2D eigenvalue weighted by atomic mass is 32.1. The first-order valence-electron chi connectivity index (χ1n) is 5.90. The molecule has 7 heteroatoms. The number of thiophene rings is 1. The van der Waals surface area contributed by atoms with Gasteiger partial charge >= 0.3 is 5.97 Å². The number of nitrogens with zero attached hydrogens (tertiary/aromatic N) is 1. The van der Waals surface area contributed by atoms with Crippen molar-refractivity contribution in [1.29, 1.82) is 0 Å². The largest absolute Gasteiger partial charge is 0.481 e. The molecule has 0 fully saturated rings. The number of fused-ring (bicyclic) bond motifs is 1. The van der Waals surface area contributed by atoms with E-state index in [4.69, 9.17) is 9.52 Å². The molecular formula is C13H10N2O4S. The molecule has 0 spiro atoms. The summed E-state index contributed by atoms with van der Waals surface area (Å²) in [6, 6.07) is 1.78. The Morgan fingerprint density at radius 2 is 2.35 bits per heavy atom. The van der Waals surface area contributed by atoms with Gasteiger partial charge < -0.3 is 14.5 Å². The number of aliphatic carboxylic acids is 1. The van der Waals surface area contributed by atoms with Gasteiger partial charge in [0.15, 0.2) is 0 Å². The van der Waals surface area contributed by atoms with Gasteiger partial charge in [0.2, 0.25) is 0 Å². The molecule has 102 valence electrons. The van der Waals surface area contributed by atoms with Crippen LogP contribution in [0.3, 0.4) is 0 Å². The summed E-state index contributed by atoms with van der Waals surface area (Å²) in [5.74, 6) is -0.525. The number of nitrogens with one attached hydrogen (secondary N) is 1. The molecule has 2 N–H and O–H groups in total. The lowest BCUT2D eigenvalue weighted by molar-refractivity contribution is -0.137. The van der Waals surface area contributed by atoms with Crippen LogP contribution in [0.4, 0.5) is 0 Å². The lowest BCUT2D eigenvalue weighted by Gasteiger charge is -1.99. The molecule has 0 saturated carbocycles. The number of carbonyl (C=O) groups is 1. The van der Waals surface area contributed by atoms with E-state index in [1.54, 1.807) is 18.6 Å². The topological polar surface area (TPSA) is 96.2 Å². The number of carboxylic acid groups (broad SMARTS) is 1. The van der Waals surface area contributed by atoms with Crippen molar-refractivity contribution in [2.75, 3.05) is 0 Å². The Morgan fingerprint density at radius 3 is 3.05 bits per heavy atom. The fourth-order valence-electron chi connectivity index (χ4n) is 1.97. The van der Waals surface area contributed by atoms with Gasteiger partial charge in [0, 0.05) is 22.9 Å². The third-order valence-electron chi connectivity index (χ3n) is 2.90. The van der Waals surface area contributed by atoms with E-state index in [0.29, 0.717) is 16.0 Å². The molecule has 0 unspecified atom stereocenters.